The number of rotatable bonds is 12. The van der Waals surface area contributed by atoms with Crippen LogP contribution in [-0.4, -0.2) is 5.78 Å². The first-order chi connectivity index (χ1) is 8.98. The summed E-state index contributed by atoms with van der Waals surface area (Å²) in [6, 6.07) is 0. The highest BCUT2D eigenvalue weighted by Crippen LogP contribution is 2.19. The first kappa shape index (κ1) is 22.0. The third kappa shape index (κ3) is 14.1. The molecule has 0 fully saturated rings. The summed E-state index contributed by atoms with van der Waals surface area (Å²) in [5.74, 6) is 0.420. The van der Waals surface area contributed by atoms with Gasteiger partial charge in [-0.2, -0.15) is 0 Å². The van der Waals surface area contributed by atoms with Crippen LogP contribution in [0.1, 0.15) is 112 Å². The zero-order valence-electron chi connectivity index (χ0n) is 13.9. The molecule has 0 rings (SSSR count). The van der Waals surface area contributed by atoms with Crippen molar-refractivity contribution in [3.05, 3.63) is 0 Å². The van der Waals surface area contributed by atoms with Gasteiger partial charge in [0.15, 0.2) is 0 Å². The van der Waals surface area contributed by atoms with E-state index in [0.717, 1.165) is 12.8 Å². The van der Waals surface area contributed by atoms with Crippen molar-refractivity contribution in [2.45, 2.75) is 112 Å². The number of carbonyl (C=O) groups excluding carboxylic acids is 1. The number of Topliss-reactive ketones (excluding diaryl/α,β-unsaturated/α-hetero) is 1. The summed E-state index contributed by atoms with van der Waals surface area (Å²) in [4.78, 5) is 11.7. The van der Waals surface area contributed by atoms with Crippen molar-refractivity contribution >= 4 is 5.78 Å². The van der Waals surface area contributed by atoms with Gasteiger partial charge in [0.2, 0.25) is 0 Å². The van der Waals surface area contributed by atoms with E-state index in [-0.39, 0.29) is 12.8 Å². The van der Waals surface area contributed by atoms with Crippen LogP contribution in [0.15, 0.2) is 0 Å². The van der Waals surface area contributed by atoms with Crippen LogP contribution in [0, 0.1) is 5.41 Å². The number of ketones is 1. The molecule has 0 heterocycles. The molecular formula is C19H40O. The lowest BCUT2D eigenvalue weighted by Crippen LogP contribution is -2.19. The first-order valence-corrected chi connectivity index (χ1v) is 8.51. The Labute approximate surface area is 128 Å². The van der Waals surface area contributed by atoms with Crippen LogP contribution in [-0.2, 0) is 4.79 Å². The molecule has 0 saturated carbocycles. The van der Waals surface area contributed by atoms with Crippen molar-refractivity contribution in [1.29, 1.82) is 0 Å². The van der Waals surface area contributed by atoms with Crippen molar-refractivity contribution < 1.29 is 4.79 Å². The minimum Gasteiger partial charge on any atom is -0.299 e. The average Bonchev–Trinajstić information content (AvgIpc) is 2.34. The van der Waals surface area contributed by atoms with Gasteiger partial charge < -0.3 is 0 Å². The Hall–Kier alpha value is -0.330. The van der Waals surface area contributed by atoms with Crippen LogP contribution >= 0.6 is 0 Å². The summed E-state index contributed by atoms with van der Waals surface area (Å²) in [6.07, 6.45) is 15.6. The molecule has 1 heteroatoms. The maximum atomic E-state index is 11.7. The van der Waals surface area contributed by atoms with Gasteiger partial charge in [0, 0.05) is 11.8 Å². The predicted octanol–water partition coefficient (Wildman–Crippen LogP) is 6.94. The Morgan fingerprint density at radius 2 is 1.05 bits per heavy atom. The van der Waals surface area contributed by atoms with E-state index in [4.69, 9.17) is 0 Å². The number of hydrogen-bond acceptors (Lipinski definition) is 1. The van der Waals surface area contributed by atoms with Crippen LogP contribution in [0.25, 0.3) is 0 Å². The quantitative estimate of drug-likeness (QED) is 0.355. The second kappa shape index (κ2) is 13.6. The highest BCUT2D eigenvalue weighted by Gasteiger charge is 2.19. The number of carbonyl (C=O) groups is 1. The zero-order chi connectivity index (χ0) is 14.6. The lowest BCUT2D eigenvalue weighted by molar-refractivity contribution is -0.126. The Kier molecular flexibility index (Phi) is 15.0. The lowest BCUT2D eigenvalue weighted by atomic mass is 9.88. The molecule has 0 atom stereocenters. The van der Waals surface area contributed by atoms with Crippen LogP contribution in [0.5, 0.6) is 0 Å². The van der Waals surface area contributed by atoms with Crippen LogP contribution < -0.4 is 0 Å². The first-order valence-electron chi connectivity index (χ1n) is 8.51. The van der Waals surface area contributed by atoms with E-state index in [1.165, 1.54) is 64.2 Å². The summed E-state index contributed by atoms with van der Waals surface area (Å²) in [5.41, 5.74) is -0.140. The Balaban J connectivity index is 0. The van der Waals surface area contributed by atoms with E-state index >= 15 is 0 Å². The van der Waals surface area contributed by atoms with Crippen molar-refractivity contribution in [3.8, 4) is 0 Å². The van der Waals surface area contributed by atoms with Crippen molar-refractivity contribution in [1.82, 2.24) is 0 Å². The smallest absolute Gasteiger partial charge is 0.138 e. The molecule has 0 aliphatic carbocycles. The molecule has 0 amide bonds. The lowest BCUT2D eigenvalue weighted by Gasteiger charge is -2.16. The fourth-order valence-electron chi connectivity index (χ4n) is 2.32. The summed E-state index contributed by atoms with van der Waals surface area (Å²) in [5, 5.41) is 0. The molecule has 0 N–H and O–H groups in total. The van der Waals surface area contributed by atoms with Gasteiger partial charge >= 0.3 is 0 Å². The number of hydrogen-bond donors (Lipinski definition) is 0. The highest BCUT2D eigenvalue weighted by atomic mass is 16.1. The van der Waals surface area contributed by atoms with Gasteiger partial charge in [0.05, 0.1) is 0 Å². The summed E-state index contributed by atoms with van der Waals surface area (Å²) >= 11 is 0. The largest absolute Gasteiger partial charge is 0.299 e. The molecule has 1 nitrogen and oxygen atoms in total. The van der Waals surface area contributed by atoms with Gasteiger partial charge in [-0.25, -0.2) is 0 Å². The molecule has 0 radical (unpaired) electrons. The molecule has 0 aromatic heterocycles. The second-order valence-electron chi connectivity index (χ2n) is 6.96. The Bertz CT molecular complexity index is 212. The van der Waals surface area contributed by atoms with Crippen molar-refractivity contribution in [2.75, 3.05) is 0 Å². The van der Waals surface area contributed by atoms with Gasteiger partial charge in [-0.05, 0) is 6.42 Å². The van der Waals surface area contributed by atoms with Crippen molar-refractivity contribution in [3.63, 3.8) is 0 Å². The zero-order valence-corrected chi connectivity index (χ0v) is 13.9. The van der Waals surface area contributed by atoms with E-state index in [2.05, 4.69) is 6.92 Å². The van der Waals surface area contributed by atoms with E-state index in [1.54, 1.807) is 0 Å². The van der Waals surface area contributed by atoms with Crippen LogP contribution in [0.2, 0.25) is 0 Å². The molecule has 0 aromatic rings. The topological polar surface area (TPSA) is 17.1 Å². The summed E-state index contributed by atoms with van der Waals surface area (Å²) < 4.78 is 0. The SMILES string of the molecule is C.CCCCCCCCCCCCCC(=O)C(C)(C)C. The normalized spacial score (nSPS) is 11.2. The van der Waals surface area contributed by atoms with Gasteiger partial charge in [0.1, 0.15) is 5.78 Å². The van der Waals surface area contributed by atoms with E-state index in [1.807, 2.05) is 20.8 Å². The molecule has 20 heavy (non-hydrogen) atoms. The molecule has 0 unspecified atom stereocenters. The predicted molar refractivity (Wildman–Crippen MR) is 92.3 cm³/mol. The van der Waals surface area contributed by atoms with E-state index < -0.39 is 0 Å². The molecule has 0 aliphatic rings. The molecule has 0 saturated heterocycles. The highest BCUT2D eigenvalue weighted by molar-refractivity contribution is 5.83. The van der Waals surface area contributed by atoms with Gasteiger partial charge in [0.25, 0.3) is 0 Å². The standard InChI is InChI=1S/C18H36O.CH4/c1-5-6-7-8-9-10-11-12-13-14-15-16-17(19)18(2,3)4;/h5-16H2,1-4H3;1H4. The van der Waals surface area contributed by atoms with Gasteiger partial charge in [-0.3, -0.25) is 4.79 Å². The van der Waals surface area contributed by atoms with Crippen LogP contribution in [0.3, 0.4) is 0 Å². The molecule has 0 aromatic carbocycles. The molecule has 0 spiro atoms. The molecule has 0 aliphatic heterocycles. The number of unbranched alkanes of at least 4 members (excludes halogenated alkanes) is 10. The minimum atomic E-state index is -0.140. The second-order valence-corrected chi connectivity index (χ2v) is 6.96. The maximum Gasteiger partial charge on any atom is 0.138 e. The monoisotopic (exact) mass is 284 g/mol. The Morgan fingerprint density at radius 3 is 1.40 bits per heavy atom. The molecular weight excluding hydrogens is 244 g/mol. The fraction of sp³-hybridized carbons (Fsp3) is 0.947. The van der Waals surface area contributed by atoms with E-state index in [9.17, 15) is 4.79 Å². The fourth-order valence-corrected chi connectivity index (χ4v) is 2.32. The van der Waals surface area contributed by atoms with Crippen LogP contribution in [0.4, 0.5) is 0 Å². The molecule has 122 valence electrons. The Morgan fingerprint density at radius 1 is 0.700 bits per heavy atom. The summed E-state index contributed by atoms with van der Waals surface area (Å²) in [7, 11) is 0. The van der Waals surface area contributed by atoms with Gasteiger partial charge in [-0.1, -0.05) is 99.3 Å². The average molecular weight is 285 g/mol. The van der Waals surface area contributed by atoms with Gasteiger partial charge in [-0.15, -0.1) is 0 Å². The third-order valence-electron chi connectivity index (χ3n) is 3.84. The minimum absolute atomic E-state index is 0. The summed E-state index contributed by atoms with van der Waals surface area (Å²) in [6.45, 7) is 8.33. The van der Waals surface area contributed by atoms with E-state index in [0.29, 0.717) is 5.78 Å². The maximum absolute atomic E-state index is 11.7. The third-order valence-corrected chi connectivity index (χ3v) is 3.84. The van der Waals surface area contributed by atoms with Crippen molar-refractivity contribution in [2.24, 2.45) is 5.41 Å². The molecule has 0 bridgehead atoms.